The monoisotopic (exact) mass is 329 g/mol. The molecule has 1 aliphatic heterocycles. The first-order valence-corrected chi connectivity index (χ1v) is 9.05. The Morgan fingerprint density at radius 1 is 1.04 bits per heavy atom. The number of hydrogen-bond acceptors (Lipinski definition) is 4. The number of hydrogen-bond donors (Lipinski definition) is 1. The molecule has 122 valence electrons. The van der Waals surface area contributed by atoms with E-state index in [0.717, 1.165) is 50.6 Å². The van der Waals surface area contributed by atoms with Gasteiger partial charge in [0, 0.05) is 38.4 Å². The highest BCUT2D eigenvalue weighted by atomic mass is 32.1. The van der Waals surface area contributed by atoms with Crippen molar-refractivity contribution in [2.45, 2.75) is 6.42 Å². The minimum Gasteiger partial charge on any atom is -0.369 e. The highest BCUT2D eigenvalue weighted by Crippen LogP contribution is 2.15. The van der Waals surface area contributed by atoms with Crippen LogP contribution in [0.15, 0.2) is 47.8 Å². The van der Waals surface area contributed by atoms with E-state index in [1.54, 1.807) is 0 Å². The Morgan fingerprint density at radius 3 is 2.52 bits per heavy atom. The summed E-state index contributed by atoms with van der Waals surface area (Å²) in [4.78, 5) is 17.6. The third-order valence-electron chi connectivity index (χ3n) is 4.18. The summed E-state index contributed by atoms with van der Waals surface area (Å²) >= 11 is 1.49. The third-order valence-corrected chi connectivity index (χ3v) is 5.04. The van der Waals surface area contributed by atoms with Gasteiger partial charge in [-0.1, -0.05) is 24.3 Å². The molecule has 5 heteroatoms. The van der Waals surface area contributed by atoms with Crippen molar-refractivity contribution in [1.29, 1.82) is 0 Å². The first-order chi connectivity index (χ1) is 11.3. The van der Waals surface area contributed by atoms with E-state index in [0.29, 0.717) is 0 Å². The summed E-state index contributed by atoms with van der Waals surface area (Å²) in [6.45, 7) is 6.13. The van der Waals surface area contributed by atoms with Crippen molar-refractivity contribution in [2.24, 2.45) is 0 Å². The van der Waals surface area contributed by atoms with Gasteiger partial charge in [-0.15, -0.1) is 11.3 Å². The van der Waals surface area contributed by atoms with Crippen molar-refractivity contribution < 1.29 is 4.79 Å². The fourth-order valence-electron chi connectivity index (χ4n) is 2.87. The fourth-order valence-corrected chi connectivity index (χ4v) is 3.51. The number of thiophene rings is 1. The molecule has 1 fully saturated rings. The van der Waals surface area contributed by atoms with Crippen LogP contribution >= 0.6 is 11.3 Å². The Bertz CT molecular complexity index is 592. The largest absolute Gasteiger partial charge is 0.369 e. The lowest BCUT2D eigenvalue weighted by atomic mass is 10.2. The number of rotatable bonds is 6. The predicted octanol–water partition coefficient (Wildman–Crippen LogP) is 2.69. The maximum absolute atomic E-state index is 11.8. The van der Waals surface area contributed by atoms with Crippen molar-refractivity contribution in [3.05, 3.63) is 52.7 Å². The summed E-state index contributed by atoms with van der Waals surface area (Å²) in [6, 6.07) is 14.4. The number of amides is 1. The second kappa shape index (κ2) is 8.13. The molecule has 1 N–H and O–H groups in total. The van der Waals surface area contributed by atoms with Crippen LogP contribution < -0.4 is 10.2 Å². The molecule has 4 nitrogen and oxygen atoms in total. The highest BCUT2D eigenvalue weighted by Gasteiger charge is 2.16. The maximum Gasteiger partial charge on any atom is 0.261 e. The SMILES string of the molecule is O=C(NCCCN1CCN(c2ccccc2)CC1)c1cccs1. The molecule has 23 heavy (non-hydrogen) atoms. The van der Waals surface area contributed by atoms with Crippen LogP contribution in [0.1, 0.15) is 16.1 Å². The molecular weight excluding hydrogens is 306 g/mol. The molecule has 0 saturated carbocycles. The number of anilines is 1. The van der Waals surface area contributed by atoms with E-state index in [9.17, 15) is 4.79 Å². The topological polar surface area (TPSA) is 35.6 Å². The summed E-state index contributed by atoms with van der Waals surface area (Å²) in [5, 5.41) is 4.93. The number of carbonyl (C=O) groups is 1. The number of benzene rings is 1. The van der Waals surface area contributed by atoms with Crippen LogP contribution in [0.2, 0.25) is 0 Å². The number of nitrogens with zero attached hydrogens (tertiary/aromatic N) is 2. The summed E-state index contributed by atoms with van der Waals surface area (Å²) in [6.07, 6.45) is 1.00. The zero-order chi connectivity index (χ0) is 15.9. The molecule has 2 aromatic rings. The summed E-state index contributed by atoms with van der Waals surface area (Å²) in [7, 11) is 0. The lowest BCUT2D eigenvalue weighted by molar-refractivity contribution is 0.0955. The molecule has 2 heterocycles. The van der Waals surface area contributed by atoms with Crippen LogP contribution in [0.4, 0.5) is 5.69 Å². The molecular formula is C18H23N3OS. The lowest BCUT2D eigenvalue weighted by Gasteiger charge is -2.36. The molecule has 0 spiro atoms. The average molecular weight is 329 g/mol. The number of nitrogens with one attached hydrogen (secondary N) is 1. The molecule has 0 radical (unpaired) electrons. The summed E-state index contributed by atoms with van der Waals surface area (Å²) in [5.41, 5.74) is 1.32. The van der Waals surface area contributed by atoms with Crippen LogP contribution in [0.25, 0.3) is 0 Å². The van der Waals surface area contributed by atoms with Crippen LogP contribution in [0.3, 0.4) is 0 Å². The lowest BCUT2D eigenvalue weighted by Crippen LogP contribution is -2.47. The predicted molar refractivity (Wildman–Crippen MR) is 96.4 cm³/mol. The molecule has 0 bridgehead atoms. The van der Waals surface area contributed by atoms with E-state index in [1.807, 2.05) is 17.5 Å². The molecule has 0 atom stereocenters. The smallest absolute Gasteiger partial charge is 0.261 e. The highest BCUT2D eigenvalue weighted by molar-refractivity contribution is 7.12. The standard InChI is InChI=1S/C18H23N3OS/c22-18(17-8-4-15-23-17)19-9-5-10-20-11-13-21(14-12-20)16-6-2-1-3-7-16/h1-4,6-8,15H,5,9-14H2,(H,19,22). The molecule has 1 saturated heterocycles. The number of carbonyl (C=O) groups excluding carboxylic acids is 1. The maximum atomic E-state index is 11.8. The fraction of sp³-hybridized carbons (Fsp3) is 0.389. The Hall–Kier alpha value is -1.85. The Morgan fingerprint density at radius 2 is 1.83 bits per heavy atom. The molecule has 1 amide bonds. The molecule has 0 unspecified atom stereocenters. The van der Waals surface area contributed by atoms with Gasteiger partial charge in [-0.05, 0) is 36.5 Å². The summed E-state index contributed by atoms with van der Waals surface area (Å²) in [5.74, 6) is 0.0499. The van der Waals surface area contributed by atoms with E-state index in [2.05, 4.69) is 45.4 Å². The van der Waals surface area contributed by atoms with Gasteiger partial charge in [0.05, 0.1) is 4.88 Å². The van der Waals surface area contributed by atoms with Gasteiger partial charge >= 0.3 is 0 Å². The van der Waals surface area contributed by atoms with Crippen molar-refractivity contribution in [1.82, 2.24) is 10.2 Å². The Kier molecular flexibility index (Phi) is 5.66. The van der Waals surface area contributed by atoms with Gasteiger partial charge in [-0.25, -0.2) is 0 Å². The average Bonchev–Trinajstić information content (AvgIpc) is 3.15. The molecule has 1 aromatic carbocycles. The summed E-state index contributed by atoms with van der Waals surface area (Å²) < 4.78 is 0. The van der Waals surface area contributed by atoms with E-state index in [-0.39, 0.29) is 5.91 Å². The van der Waals surface area contributed by atoms with E-state index in [4.69, 9.17) is 0 Å². The number of para-hydroxylation sites is 1. The van der Waals surface area contributed by atoms with Crippen molar-refractivity contribution >= 4 is 22.9 Å². The van der Waals surface area contributed by atoms with E-state index >= 15 is 0 Å². The van der Waals surface area contributed by atoms with E-state index < -0.39 is 0 Å². The van der Waals surface area contributed by atoms with Gasteiger partial charge in [-0.2, -0.15) is 0 Å². The second-order valence-electron chi connectivity index (χ2n) is 5.75. The van der Waals surface area contributed by atoms with Gasteiger partial charge in [0.25, 0.3) is 5.91 Å². The van der Waals surface area contributed by atoms with Crippen molar-refractivity contribution in [3.63, 3.8) is 0 Å². The molecule has 1 aliphatic rings. The van der Waals surface area contributed by atoms with Gasteiger partial charge < -0.3 is 10.2 Å². The second-order valence-corrected chi connectivity index (χ2v) is 6.70. The van der Waals surface area contributed by atoms with Crippen LogP contribution in [0, 0.1) is 0 Å². The van der Waals surface area contributed by atoms with Crippen molar-refractivity contribution in [3.8, 4) is 0 Å². The van der Waals surface area contributed by atoms with Crippen LogP contribution in [0.5, 0.6) is 0 Å². The minimum atomic E-state index is 0.0499. The molecule has 1 aromatic heterocycles. The van der Waals surface area contributed by atoms with Gasteiger partial charge in [0.1, 0.15) is 0 Å². The van der Waals surface area contributed by atoms with Crippen LogP contribution in [-0.4, -0.2) is 50.1 Å². The zero-order valence-electron chi connectivity index (χ0n) is 13.3. The van der Waals surface area contributed by atoms with Gasteiger partial charge in [-0.3, -0.25) is 9.69 Å². The van der Waals surface area contributed by atoms with Crippen LogP contribution in [-0.2, 0) is 0 Å². The Labute approximate surface area is 141 Å². The van der Waals surface area contributed by atoms with Gasteiger partial charge in [0.15, 0.2) is 0 Å². The normalized spacial score (nSPS) is 15.6. The minimum absolute atomic E-state index is 0.0499. The number of piperazine rings is 1. The first kappa shape index (κ1) is 16.0. The molecule has 3 rings (SSSR count). The quantitative estimate of drug-likeness (QED) is 0.828. The zero-order valence-corrected chi connectivity index (χ0v) is 14.1. The Balaban J connectivity index is 1.33. The first-order valence-electron chi connectivity index (χ1n) is 8.17. The third kappa shape index (κ3) is 4.56. The molecule has 0 aliphatic carbocycles. The van der Waals surface area contributed by atoms with E-state index in [1.165, 1.54) is 17.0 Å². The van der Waals surface area contributed by atoms with Gasteiger partial charge in [0.2, 0.25) is 0 Å². The van der Waals surface area contributed by atoms with Crippen molar-refractivity contribution in [2.75, 3.05) is 44.2 Å².